The summed E-state index contributed by atoms with van der Waals surface area (Å²) >= 11 is 7.31. The van der Waals surface area contributed by atoms with Gasteiger partial charge in [-0.2, -0.15) is 0 Å². The van der Waals surface area contributed by atoms with E-state index in [1.165, 1.54) is 23.9 Å². The number of benzene rings is 2. The van der Waals surface area contributed by atoms with Gasteiger partial charge in [0.25, 0.3) is 5.69 Å². The molecule has 0 bridgehead atoms. The van der Waals surface area contributed by atoms with Crippen LogP contribution >= 0.6 is 23.4 Å². The van der Waals surface area contributed by atoms with Crippen LogP contribution in [0, 0.1) is 17.0 Å². The number of carbonyl (C=O) groups excluding carboxylic acids is 1. The van der Waals surface area contributed by atoms with E-state index in [0.29, 0.717) is 35.6 Å². The van der Waals surface area contributed by atoms with Crippen molar-refractivity contribution in [2.45, 2.75) is 18.6 Å². The molecule has 0 aliphatic carbocycles. The summed E-state index contributed by atoms with van der Waals surface area (Å²) in [7, 11) is 0. The Morgan fingerprint density at radius 3 is 2.65 bits per heavy atom. The normalized spacial score (nSPS) is 14.2. The number of nitro benzene ring substituents is 1. The predicted molar refractivity (Wildman–Crippen MR) is 130 cm³/mol. The van der Waals surface area contributed by atoms with Gasteiger partial charge in [0.1, 0.15) is 0 Å². The molecule has 1 N–H and O–H groups in total. The van der Waals surface area contributed by atoms with E-state index in [1.54, 1.807) is 25.1 Å². The number of amides is 1. The second-order valence-electron chi connectivity index (χ2n) is 7.69. The highest BCUT2D eigenvalue weighted by Crippen LogP contribution is 2.26. The van der Waals surface area contributed by atoms with Crippen LogP contribution in [0.1, 0.15) is 11.4 Å². The van der Waals surface area contributed by atoms with Crippen molar-refractivity contribution in [1.29, 1.82) is 0 Å². The van der Waals surface area contributed by atoms with Gasteiger partial charge >= 0.3 is 0 Å². The monoisotopic (exact) mass is 502 g/mol. The minimum absolute atomic E-state index is 0.0609. The molecule has 0 spiro atoms. The maximum Gasteiger partial charge on any atom is 0.271 e. The molecule has 178 valence electrons. The fraction of sp³-hybridized carbons (Fsp3) is 0.318. The van der Waals surface area contributed by atoms with Gasteiger partial charge in [0.15, 0.2) is 11.0 Å². The van der Waals surface area contributed by atoms with Crippen LogP contribution < -0.4 is 5.32 Å². The number of thioether (sulfide) groups is 1. The Morgan fingerprint density at radius 2 is 1.94 bits per heavy atom. The van der Waals surface area contributed by atoms with E-state index >= 15 is 0 Å². The number of ether oxygens (including phenoxy) is 1. The molecular weight excluding hydrogens is 480 g/mol. The Hall–Kier alpha value is -2.99. The van der Waals surface area contributed by atoms with Gasteiger partial charge in [0.05, 0.1) is 36.1 Å². The van der Waals surface area contributed by atoms with Gasteiger partial charge in [-0.05, 0) is 36.8 Å². The van der Waals surface area contributed by atoms with Crippen molar-refractivity contribution >= 4 is 40.6 Å². The third-order valence-corrected chi connectivity index (χ3v) is 6.47. The highest BCUT2D eigenvalue weighted by atomic mass is 35.5. The minimum Gasteiger partial charge on any atom is -0.379 e. The lowest BCUT2D eigenvalue weighted by molar-refractivity contribution is -0.384. The van der Waals surface area contributed by atoms with Gasteiger partial charge in [0, 0.05) is 35.9 Å². The molecule has 1 amide bonds. The molecule has 1 aliphatic heterocycles. The number of nitrogens with zero attached hydrogens (tertiary/aromatic N) is 5. The van der Waals surface area contributed by atoms with Crippen LogP contribution in [0.3, 0.4) is 0 Å². The first-order valence-electron chi connectivity index (χ1n) is 10.6. The van der Waals surface area contributed by atoms with Crippen LogP contribution in [0.5, 0.6) is 0 Å². The Morgan fingerprint density at radius 1 is 1.21 bits per heavy atom. The van der Waals surface area contributed by atoms with Gasteiger partial charge in [-0.1, -0.05) is 29.4 Å². The Balaban J connectivity index is 1.51. The first-order valence-corrected chi connectivity index (χ1v) is 11.9. The highest BCUT2D eigenvalue weighted by molar-refractivity contribution is 7.99. The summed E-state index contributed by atoms with van der Waals surface area (Å²) in [6, 6.07) is 11.7. The Bertz CT molecular complexity index is 1180. The fourth-order valence-corrected chi connectivity index (χ4v) is 4.38. The van der Waals surface area contributed by atoms with Crippen molar-refractivity contribution in [2.75, 3.05) is 37.4 Å². The molecule has 1 saturated heterocycles. The lowest BCUT2D eigenvalue weighted by Gasteiger charge is -2.26. The molecule has 1 fully saturated rings. The van der Waals surface area contributed by atoms with Gasteiger partial charge in [-0.15, -0.1) is 10.2 Å². The summed E-state index contributed by atoms with van der Waals surface area (Å²) < 4.78 is 7.35. The molecule has 12 heteroatoms. The Labute approximate surface area is 205 Å². The topological polar surface area (TPSA) is 115 Å². The number of nitrogens with one attached hydrogen (secondary N) is 1. The molecule has 0 atom stereocenters. The van der Waals surface area contributed by atoms with Crippen LogP contribution in [-0.4, -0.2) is 62.6 Å². The summed E-state index contributed by atoms with van der Waals surface area (Å²) in [6.45, 7) is 5.34. The third kappa shape index (κ3) is 5.92. The van der Waals surface area contributed by atoms with E-state index in [0.717, 1.165) is 30.2 Å². The van der Waals surface area contributed by atoms with Crippen molar-refractivity contribution in [3.63, 3.8) is 0 Å². The molecule has 4 rings (SSSR count). The number of aromatic nitrogens is 3. The number of non-ortho nitro benzene ring substituents is 1. The van der Waals surface area contributed by atoms with Crippen molar-refractivity contribution in [1.82, 2.24) is 19.7 Å². The van der Waals surface area contributed by atoms with Crippen LogP contribution in [0.15, 0.2) is 47.6 Å². The van der Waals surface area contributed by atoms with Crippen molar-refractivity contribution in [3.8, 4) is 5.69 Å². The van der Waals surface area contributed by atoms with Crippen molar-refractivity contribution in [3.05, 3.63) is 69.0 Å². The first kappa shape index (κ1) is 24.1. The second-order valence-corrected chi connectivity index (χ2v) is 9.07. The lowest BCUT2D eigenvalue weighted by atomic mass is 10.2. The van der Waals surface area contributed by atoms with Crippen molar-refractivity contribution < 1.29 is 14.5 Å². The zero-order valence-electron chi connectivity index (χ0n) is 18.4. The van der Waals surface area contributed by atoms with E-state index in [2.05, 4.69) is 20.4 Å². The molecule has 1 aliphatic rings. The molecular formula is C22H23ClN6O4S. The van der Waals surface area contributed by atoms with E-state index in [9.17, 15) is 14.9 Å². The number of aryl methyl sites for hydroxylation is 1. The number of nitro groups is 1. The van der Waals surface area contributed by atoms with Crippen LogP contribution in [0.25, 0.3) is 5.69 Å². The number of rotatable bonds is 8. The van der Waals surface area contributed by atoms with Crippen molar-refractivity contribution in [2.24, 2.45) is 0 Å². The summed E-state index contributed by atoms with van der Waals surface area (Å²) in [5.74, 6) is 0.515. The molecule has 0 unspecified atom stereocenters. The molecule has 3 aromatic rings. The van der Waals surface area contributed by atoms with Gasteiger partial charge in [-0.25, -0.2) is 0 Å². The van der Waals surface area contributed by atoms with E-state index in [-0.39, 0.29) is 17.3 Å². The summed E-state index contributed by atoms with van der Waals surface area (Å²) in [5, 5.41) is 23.7. The summed E-state index contributed by atoms with van der Waals surface area (Å²) in [5.41, 5.74) is 1.91. The third-order valence-electron chi connectivity index (χ3n) is 5.29. The predicted octanol–water partition coefficient (Wildman–Crippen LogP) is 3.70. The molecule has 2 heterocycles. The summed E-state index contributed by atoms with van der Waals surface area (Å²) in [6.07, 6.45) is 0. The van der Waals surface area contributed by atoms with Gasteiger partial charge in [-0.3, -0.25) is 24.4 Å². The average molecular weight is 503 g/mol. The van der Waals surface area contributed by atoms with Crippen LogP contribution in [0.2, 0.25) is 5.02 Å². The fourth-order valence-electron chi connectivity index (χ4n) is 3.48. The molecule has 34 heavy (non-hydrogen) atoms. The number of hydrogen-bond donors (Lipinski definition) is 1. The zero-order valence-corrected chi connectivity index (χ0v) is 20.0. The van der Waals surface area contributed by atoms with E-state index < -0.39 is 4.92 Å². The SMILES string of the molecule is Cc1ccc([N+](=O)[O-])cc1NC(=O)CSc1nnc(CN2CCOCC2)n1-c1ccc(Cl)cc1. The minimum atomic E-state index is -0.492. The van der Waals surface area contributed by atoms with Crippen LogP contribution in [0.4, 0.5) is 11.4 Å². The molecule has 0 saturated carbocycles. The number of halogens is 1. The number of anilines is 1. The zero-order chi connectivity index (χ0) is 24.1. The number of hydrogen-bond acceptors (Lipinski definition) is 8. The average Bonchev–Trinajstić information content (AvgIpc) is 3.22. The standard InChI is InChI=1S/C22H23ClN6O4S/c1-15-2-5-18(29(31)32)12-19(15)24-21(30)14-34-22-26-25-20(13-27-8-10-33-11-9-27)28(22)17-6-3-16(23)4-7-17/h2-7,12H,8-11,13-14H2,1H3,(H,24,30). The largest absolute Gasteiger partial charge is 0.379 e. The highest BCUT2D eigenvalue weighted by Gasteiger charge is 2.20. The van der Waals surface area contributed by atoms with Gasteiger partial charge < -0.3 is 10.1 Å². The lowest BCUT2D eigenvalue weighted by Crippen LogP contribution is -2.36. The van der Waals surface area contributed by atoms with E-state index in [1.807, 2.05) is 16.7 Å². The number of morpholine rings is 1. The van der Waals surface area contributed by atoms with Crippen LogP contribution in [-0.2, 0) is 16.1 Å². The molecule has 2 aromatic carbocycles. The Kier molecular flexibility index (Phi) is 7.78. The summed E-state index contributed by atoms with van der Waals surface area (Å²) in [4.78, 5) is 25.4. The number of carbonyl (C=O) groups is 1. The molecule has 0 radical (unpaired) electrons. The van der Waals surface area contributed by atoms with Gasteiger partial charge in [0.2, 0.25) is 5.91 Å². The quantitative estimate of drug-likeness (QED) is 0.281. The second kappa shape index (κ2) is 11.0. The van der Waals surface area contributed by atoms with E-state index in [4.69, 9.17) is 16.3 Å². The molecule has 10 nitrogen and oxygen atoms in total. The smallest absolute Gasteiger partial charge is 0.271 e. The first-order chi connectivity index (χ1) is 16.4. The maximum absolute atomic E-state index is 12.6. The molecule has 1 aromatic heterocycles. The maximum atomic E-state index is 12.6.